The molecule has 0 radical (unpaired) electrons. The van der Waals surface area contributed by atoms with Crippen molar-refractivity contribution >= 4 is 23.2 Å². The Morgan fingerprint density at radius 1 is 1.06 bits per heavy atom. The average molecular weight is 264 g/mol. The third-order valence-corrected chi connectivity index (χ3v) is 6.70. The molecule has 0 heterocycles. The van der Waals surface area contributed by atoms with Crippen LogP contribution in [0.2, 0.25) is 0 Å². The topological polar surface area (TPSA) is 57.5 Å². The van der Waals surface area contributed by atoms with E-state index < -0.39 is 7.14 Å². The lowest BCUT2D eigenvalue weighted by Gasteiger charge is -2.18. The van der Waals surface area contributed by atoms with Gasteiger partial charge in [0, 0.05) is 23.1 Å². The molecule has 0 aliphatic heterocycles. The summed E-state index contributed by atoms with van der Waals surface area (Å²) in [6, 6.07) is 8.49. The summed E-state index contributed by atoms with van der Waals surface area (Å²) >= 11 is 0. The zero-order chi connectivity index (χ0) is 13.3. The van der Waals surface area contributed by atoms with Crippen molar-refractivity contribution in [3.8, 4) is 11.5 Å². The summed E-state index contributed by atoms with van der Waals surface area (Å²) in [6.07, 6.45) is 0.962. The Morgan fingerprint density at radius 3 is 2.17 bits per heavy atom. The van der Waals surface area contributed by atoms with Crippen molar-refractivity contribution in [1.29, 1.82) is 0 Å². The Balaban J connectivity index is 2.82. The van der Waals surface area contributed by atoms with Gasteiger partial charge in [-0.3, -0.25) is 0 Å². The van der Waals surface area contributed by atoms with E-state index in [1.54, 1.807) is 24.3 Å². The summed E-state index contributed by atoms with van der Waals surface area (Å²) in [7, 11) is -2.61. The molecule has 0 fully saturated rings. The van der Waals surface area contributed by atoms with Crippen LogP contribution in [0.5, 0.6) is 11.5 Å². The molecule has 0 saturated heterocycles. The van der Waals surface area contributed by atoms with Crippen LogP contribution in [0.3, 0.4) is 0 Å². The first-order chi connectivity index (χ1) is 8.53. The molecule has 0 aliphatic carbocycles. The van der Waals surface area contributed by atoms with Crippen LogP contribution in [0, 0.1) is 0 Å². The van der Waals surface area contributed by atoms with Crippen molar-refractivity contribution in [3.05, 3.63) is 30.3 Å². The largest absolute Gasteiger partial charge is 0.507 e. The molecule has 0 spiro atoms. The van der Waals surface area contributed by atoms with Gasteiger partial charge in [-0.05, 0) is 6.07 Å². The van der Waals surface area contributed by atoms with Gasteiger partial charge < -0.3 is 14.8 Å². The van der Waals surface area contributed by atoms with Crippen LogP contribution >= 0.6 is 7.14 Å². The predicted octanol–water partition coefficient (Wildman–Crippen LogP) is 3.28. The number of aromatic hydroxyl groups is 2. The van der Waals surface area contributed by atoms with Gasteiger partial charge in [-0.15, -0.1) is 0 Å². The molecular formula is C14H17O3P. The quantitative estimate of drug-likeness (QED) is 0.660. The first-order valence-electron chi connectivity index (χ1n) is 6.05. The molecule has 2 N–H and O–H groups in total. The third-order valence-electron chi connectivity index (χ3n) is 3.43. The van der Waals surface area contributed by atoms with E-state index in [4.69, 9.17) is 0 Å². The minimum Gasteiger partial charge on any atom is -0.507 e. The van der Waals surface area contributed by atoms with Crippen molar-refractivity contribution < 1.29 is 14.8 Å². The molecule has 96 valence electrons. The van der Waals surface area contributed by atoms with Crippen LogP contribution in [-0.4, -0.2) is 22.5 Å². The monoisotopic (exact) mass is 264 g/mol. The van der Waals surface area contributed by atoms with Crippen LogP contribution in [0.4, 0.5) is 0 Å². The zero-order valence-electron chi connectivity index (χ0n) is 10.6. The fourth-order valence-corrected chi connectivity index (χ4v) is 4.19. The second-order valence-corrected chi connectivity index (χ2v) is 7.86. The van der Waals surface area contributed by atoms with E-state index in [-0.39, 0.29) is 11.5 Å². The number of hydrogen-bond donors (Lipinski definition) is 2. The lowest BCUT2D eigenvalue weighted by Crippen LogP contribution is -2.09. The van der Waals surface area contributed by atoms with Crippen LogP contribution < -0.4 is 5.30 Å². The maximum absolute atomic E-state index is 12.7. The van der Waals surface area contributed by atoms with Crippen LogP contribution in [-0.2, 0) is 4.57 Å². The highest BCUT2D eigenvalue weighted by molar-refractivity contribution is 7.71. The van der Waals surface area contributed by atoms with E-state index in [0.717, 1.165) is 0 Å². The van der Waals surface area contributed by atoms with Crippen molar-refractivity contribution in [1.82, 2.24) is 0 Å². The molecular weight excluding hydrogens is 247 g/mol. The molecule has 0 saturated carbocycles. The Morgan fingerprint density at radius 2 is 1.61 bits per heavy atom. The molecule has 2 rings (SSSR count). The Bertz CT molecular complexity index is 626. The number of rotatable bonds is 3. The Hall–Kier alpha value is -1.47. The molecule has 18 heavy (non-hydrogen) atoms. The second kappa shape index (κ2) is 4.66. The van der Waals surface area contributed by atoms with E-state index in [1.165, 1.54) is 6.07 Å². The van der Waals surface area contributed by atoms with Crippen molar-refractivity contribution in [3.63, 3.8) is 0 Å². The van der Waals surface area contributed by atoms with Gasteiger partial charge in [-0.1, -0.05) is 38.1 Å². The molecule has 0 bridgehead atoms. The van der Waals surface area contributed by atoms with Gasteiger partial charge in [-0.2, -0.15) is 0 Å². The maximum Gasteiger partial charge on any atom is 0.134 e. The lowest BCUT2D eigenvalue weighted by atomic mass is 10.1. The highest BCUT2D eigenvalue weighted by atomic mass is 31.2. The summed E-state index contributed by atoms with van der Waals surface area (Å²) in [5, 5.41) is 21.8. The van der Waals surface area contributed by atoms with Gasteiger partial charge in [-0.25, -0.2) is 0 Å². The maximum atomic E-state index is 12.7. The fraction of sp³-hybridized carbons (Fsp3) is 0.286. The van der Waals surface area contributed by atoms with E-state index in [2.05, 4.69) is 0 Å². The molecule has 0 atom stereocenters. The Kier molecular flexibility index (Phi) is 3.36. The molecule has 0 amide bonds. The van der Waals surface area contributed by atoms with Crippen LogP contribution in [0.15, 0.2) is 30.3 Å². The first-order valence-corrected chi connectivity index (χ1v) is 8.13. The number of phenols is 2. The Labute approximate surface area is 106 Å². The van der Waals surface area contributed by atoms with Crippen molar-refractivity contribution in [2.45, 2.75) is 13.8 Å². The highest BCUT2D eigenvalue weighted by Gasteiger charge is 2.26. The summed E-state index contributed by atoms with van der Waals surface area (Å²) in [5.74, 6) is 0.107. The van der Waals surface area contributed by atoms with Crippen molar-refractivity contribution in [2.75, 3.05) is 12.3 Å². The van der Waals surface area contributed by atoms with Gasteiger partial charge in [0.1, 0.15) is 18.6 Å². The SMILES string of the molecule is CCP(=O)(CC)c1cc(O)c2ccccc2c1O. The van der Waals surface area contributed by atoms with E-state index >= 15 is 0 Å². The normalized spacial score (nSPS) is 11.9. The average Bonchev–Trinajstić information content (AvgIpc) is 2.42. The van der Waals surface area contributed by atoms with Crippen LogP contribution in [0.25, 0.3) is 10.8 Å². The predicted molar refractivity (Wildman–Crippen MR) is 75.6 cm³/mol. The standard InChI is InChI=1S/C14H17O3P/c1-3-18(17,4-2)13-9-12(15)10-7-5-6-8-11(10)14(13)16/h5-9,15-16H,3-4H2,1-2H3. The minimum atomic E-state index is -2.61. The lowest BCUT2D eigenvalue weighted by molar-refractivity contribution is 0.472. The molecule has 2 aromatic rings. The second-order valence-electron chi connectivity index (χ2n) is 4.33. The fourth-order valence-electron chi connectivity index (χ4n) is 2.20. The van der Waals surface area contributed by atoms with Crippen LogP contribution in [0.1, 0.15) is 13.8 Å². The highest BCUT2D eigenvalue weighted by Crippen LogP contribution is 2.48. The van der Waals surface area contributed by atoms with E-state index in [9.17, 15) is 14.8 Å². The minimum absolute atomic E-state index is 0.0374. The van der Waals surface area contributed by atoms with Gasteiger partial charge in [0.15, 0.2) is 0 Å². The number of fused-ring (bicyclic) bond motifs is 1. The van der Waals surface area contributed by atoms with Gasteiger partial charge >= 0.3 is 0 Å². The summed E-state index contributed by atoms with van der Waals surface area (Å²) in [5.41, 5.74) is 0. The molecule has 0 aromatic heterocycles. The zero-order valence-corrected chi connectivity index (χ0v) is 11.4. The third kappa shape index (κ3) is 1.89. The summed E-state index contributed by atoms with van der Waals surface area (Å²) in [6.45, 7) is 3.69. The molecule has 0 aliphatic rings. The van der Waals surface area contributed by atoms with Gasteiger partial charge in [0.2, 0.25) is 0 Å². The molecule has 3 nitrogen and oxygen atoms in total. The van der Waals surface area contributed by atoms with Crippen molar-refractivity contribution in [2.24, 2.45) is 0 Å². The smallest absolute Gasteiger partial charge is 0.134 e. The molecule has 4 heteroatoms. The van der Waals surface area contributed by atoms with Gasteiger partial charge in [0.05, 0.1) is 5.30 Å². The molecule has 2 aromatic carbocycles. The number of benzene rings is 2. The first kappa shape index (κ1) is 13.0. The number of hydrogen-bond acceptors (Lipinski definition) is 3. The molecule has 0 unspecified atom stereocenters. The summed E-state index contributed by atoms with van der Waals surface area (Å²) in [4.78, 5) is 0. The van der Waals surface area contributed by atoms with E-state index in [0.29, 0.717) is 28.4 Å². The van der Waals surface area contributed by atoms with Gasteiger partial charge in [0.25, 0.3) is 0 Å². The number of phenolic OH excluding ortho intramolecular Hbond substituents is 2. The van der Waals surface area contributed by atoms with E-state index in [1.807, 2.05) is 13.8 Å². The summed E-state index contributed by atoms with van der Waals surface area (Å²) < 4.78 is 12.7.